The van der Waals surface area contributed by atoms with E-state index in [0.717, 1.165) is 17.7 Å². The van der Waals surface area contributed by atoms with Crippen molar-refractivity contribution in [3.63, 3.8) is 0 Å². The van der Waals surface area contributed by atoms with Crippen molar-refractivity contribution < 1.29 is 9.53 Å². The minimum atomic E-state index is -0.437. The fraction of sp³-hybridized carbons (Fsp3) is 0.571. The van der Waals surface area contributed by atoms with Crippen LogP contribution in [0.5, 0.6) is 0 Å². The Kier molecular flexibility index (Phi) is 5.78. The van der Waals surface area contributed by atoms with E-state index in [9.17, 15) is 4.79 Å². The lowest BCUT2D eigenvalue weighted by Gasteiger charge is -2.21. The van der Waals surface area contributed by atoms with E-state index in [-0.39, 0.29) is 12.0 Å². The maximum Gasteiger partial charge on any atom is 0.327 e. The van der Waals surface area contributed by atoms with Crippen LogP contribution in [0.2, 0.25) is 0 Å². The fourth-order valence-corrected chi connectivity index (χ4v) is 1.58. The topological polar surface area (TPSA) is 51.2 Å². The molecule has 4 heteroatoms. The molecule has 0 aliphatic rings. The molecule has 0 saturated heterocycles. The number of ether oxygens (including phenoxy) is 1. The SMILES string of the molecule is CCOC(=O)C(NC(C)CC)c1ccc(C)nc1. The van der Waals surface area contributed by atoms with Crippen molar-refractivity contribution in [3.05, 3.63) is 29.6 Å². The average Bonchev–Trinajstić information content (AvgIpc) is 2.37. The zero-order valence-corrected chi connectivity index (χ0v) is 11.6. The van der Waals surface area contributed by atoms with Crippen LogP contribution in [-0.4, -0.2) is 23.6 Å². The molecular weight excluding hydrogens is 228 g/mol. The largest absolute Gasteiger partial charge is 0.465 e. The maximum absolute atomic E-state index is 12.0. The molecule has 100 valence electrons. The summed E-state index contributed by atoms with van der Waals surface area (Å²) in [6.07, 6.45) is 2.68. The van der Waals surface area contributed by atoms with E-state index in [0.29, 0.717) is 6.61 Å². The summed E-state index contributed by atoms with van der Waals surface area (Å²) in [4.78, 5) is 16.2. The maximum atomic E-state index is 12.0. The van der Waals surface area contributed by atoms with Crippen molar-refractivity contribution in [1.82, 2.24) is 10.3 Å². The molecule has 1 rings (SSSR count). The van der Waals surface area contributed by atoms with Gasteiger partial charge in [-0.2, -0.15) is 0 Å². The predicted molar refractivity (Wildman–Crippen MR) is 71.2 cm³/mol. The quantitative estimate of drug-likeness (QED) is 0.788. The first kappa shape index (κ1) is 14.6. The van der Waals surface area contributed by atoms with Gasteiger partial charge in [0, 0.05) is 17.9 Å². The van der Waals surface area contributed by atoms with E-state index >= 15 is 0 Å². The number of hydrogen-bond donors (Lipinski definition) is 1. The molecule has 0 bridgehead atoms. The number of rotatable bonds is 6. The Labute approximate surface area is 109 Å². The van der Waals surface area contributed by atoms with Gasteiger partial charge in [0.15, 0.2) is 0 Å². The Bertz CT molecular complexity index is 376. The summed E-state index contributed by atoms with van der Waals surface area (Å²) in [5, 5.41) is 3.27. The molecular formula is C14H22N2O2. The number of esters is 1. The van der Waals surface area contributed by atoms with Crippen LogP contribution in [-0.2, 0) is 9.53 Å². The summed E-state index contributed by atoms with van der Waals surface area (Å²) in [6, 6.07) is 3.63. The lowest BCUT2D eigenvalue weighted by molar-refractivity contribution is -0.146. The Morgan fingerprint density at radius 1 is 1.44 bits per heavy atom. The third-order valence-corrected chi connectivity index (χ3v) is 2.85. The first-order valence-corrected chi connectivity index (χ1v) is 6.43. The van der Waals surface area contributed by atoms with Crippen molar-refractivity contribution >= 4 is 5.97 Å². The minimum Gasteiger partial charge on any atom is -0.465 e. The Balaban J connectivity index is 2.88. The van der Waals surface area contributed by atoms with Gasteiger partial charge < -0.3 is 4.74 Å². The highest BCUT2D eigenvalue weighted by molar-refractivity contribution is 5.77. The molecule has 1 heterocycles. The molecule has 0 aliphatic heterocycles. The Morgan fingerprint density at radius 2 is 2.17 bits per heavy atom. The lowest BCUT2D eigenvalue weighted by atomic mass is 10.1. The molecule has 18 heavy (non-hydrogen) atoms. The summed E-state index contributed by atoms with van der Waals surface area (Å²) in [5.74, 6) is -0.247. The van der Waals surface area contributed by atoms with Crippen molar-refractivity contribution in [2.24, 2.45) is 0 Å². The Morgan fingerprint density at radius 3 is 2.67 bits per heavy atom. The number of nitrogens with one attached hydrogen (secondary N) is 1. The van der Waals surface area contributed by atoms with Crippen LogP contribution in [0.1, 0.15) is 44.5 Å². The number of pyridine rings is 1. The van der Waals surface area contributed by atoms with E-state index in [1.807, 2.05) is 32.9 Å². The van der Waals surface area contributed by atoms with Crippen molar-refractivity contribution in [2.75, 3.05) is 6.61 Å². The smallest absolute Gasteiger partial charge is 0.327 e. The molecule has 0 radical (unpaired) electrons. The second kappa shape index (κ2) is 7.11. The van der Waals surface area contributed by atoms with Gasteiger partial charge in [-0.1, -0.05) is 13.0 Å². The van der Waals surface area contributed by atoms with Gasteiger partial charge in [-0.05, 0) is 38.8 Å². The summed E-state index contributed by atoms with van der Waals surface area (Å²) in [5.41, 5.74) is 1.78. The monoisotopic (exact) mass is 250 g/mol. The van der Waals surface area contributed by atoms with Gasteiger partial charge in [-0.15, -0.1) is 0 Å². The molecule has 0 saturated carbocycles. The molecule has 4 nitrogen and oxygen atoms in total. The van der Waals surface area contributed by atoms with Crippen molar-refractivity contribution in [3.8, 4) is 0 Å². The third-order valence-electron chi connectivity index (χ3n) is 2.85. The number of hydrogen-bond acceptors (Lipinski definition) is 4. The van der Waals surface area contributed by atoms with Gasteiger partial charge >= 0.3 is 5.97 Å². The van der Waals surface area contributed by atoms with Gasteiger partial charge in [0.25, 0.3) is 0 Å². The second-order valence-corrected chi connectivity index (χ2v) is 4.39. The summed E-state index contributed by atoms with van der Waals surface area (Å²) < 4.78 is 5.10. The molecule has 1 aromatic rings. The van der Waals surface area contributed by atoms with Crippen LogP contribution in [0.15, 0.2) is 18.3 Å². The second-order valence-electron chi connectivity index (χ2n) is 4.39. The summed E-state index contributed by atoms with van der Waals surface area (Å²) in [6.45, 7) is 8.24. The van der Waals surface area contributed by atoms with Crippen molar-refractivity contribution in [1.29, 1.82) is 0 Å². The molecule has 1 aromatic heterocycles. The van der Waals surface area contributed by atoms with Gasteiger partial charge in [0.1, 0.15) is 6.04 Å². The fourth-order valence-electron chi connectivity index (χ4n) is 1.58. The number of aromatic nitrogens is 1. The standard InChI is InChI=1S/C14H22N2O2/c1-5-10(3)16-13(14(17)18-6-2)12-8-7-11(4)15-9-12/h7-10,13,16H,5-6H2,1-4H3. The van der Waals surface area contributed by atoms with Crippen LogP contribution < -0.4 is 5.32 Å². The molecule has 2 unspecified atom stereocenters. The van der Waals surface area contributed by atoms with Gasteiger partial charge in [0.05, 0.1) is 6.61 Å². The third kappa shape index (κ3) is 4.11. The summed E-state index contributed by atoms with van der Waals surface area (Å²) >= 11 is 0. The van der Waals surface area contributed by atoms with E-state index < -0.39 is 6.04 Å². The highest BCUT2D eigenvalue weighted by Crippen LogP contribution is 2.15. The normalized spacial score (nSPS) is 14.0. The van der Waals surface area contributed by atoms with Crippen LogP contribution in [0, 0.1) is 6.92 Å². The number of nitrogens with zero attached hydrogens (tertiary/aromatic N) is 1. The molecule has 2 atom stereocenters. The molecule has 1 N–H and O–H groups in total. The highest BCUT2D eigenvalue weighted by atomic mass is 16.5. The molecule has 0 aliphatic carbocycles. The first-order chi connectivity index (χ1) is 8.58. The van der Waals surface area contributed by atoms with E-state index in [4.69, 9.17) is 4.74 Å². The molecule has 0 amide bonds. The van der Waals surface area contributed by atoms with Crippen LogP contribution in [0.4, 0.5) is 0 Å². The zero-order valence-electron chi connectivity index (χ0n) is 11.6. The average molecular weight is 250 g/mol. The van der Waals surface area contributed by atoms with E-state index in [1.165, 1.54) is 0 Å². The van der Waals surface area contributed by atoms with Gasteiger partial charge in [-0.25, -0.2) is 4.79 Å². The van der Waals surface area contributed by atoms with Crippen LogP contribution in [0.25, 0.3) is 0 Å². The number of carbonyl (C=O) groups excluding carboxylic acids is 1. The highest BCUT2D eigenvalue weighted by Gasteiger charge is 2.23. The minimum absolute atomic E-state index is 0.247. The molecule has 0 spiro atoms. The predicted octanol–water partition coefficient (Wildman–Crippen LogP) is 2.38. The van der Waals surface area contributed by atoms with E-state index in [2.05, 4.69) is 17.2 Å². The number of carbonyl (C=O) groups is 1. The lowest BCUT2D eigenvalue weighted by Crippen LogP contribution is -2.36. The number of aryl methyl sites for hydroxylation is 1. The summed E-state index contributed by atoms with van der Waals surface area (Å²) in [7, 11) is 0. The van der Waals surface area contributed by atoms with Gasteiger partial charge in [0.2, 0.25) is 0 Å². The Hall–Kier alpha value is -1.42. The van der Waals surface area contributed by atoms with Crippen LogP contribution >= 0.6 is 0 Å². The molecule has 0 fully saturated rings. The van der Waals surface area contributed by atoms with Crippen LogP contribution in [0.3, 0.4) is 0 Å². The zero-order chi connectivity index (χ0) is 13.5. The van der Waals surface area contributed by atoms with E-state index in [1.54, 1.807) is 6.20 Å². The van der Waals surface area contributed by atoms with Crippen molar-refractivity contribution in [2.45, 2.75) is 46.2 Å². The van der Waals surface area contributed by atoms with Gasteiger partial charge in [-0.3, -0.25) is 10.3 Å². The first-order valence-electron chi connectivity index (χ1n) is 6.43. The molecule has 0 aromatic carbocycles.